The first-order valence-corrected chi connectivity index (χ1v) is 7.44. The molecule has 1 aromatic heterocycles. The summed E-state index contributed by atoms with van der Waals surface area (Å²) < 4.78 is 14.7. The molecule has 0 radical (unpaired) electrons. The summed E-state index contributed by atoms with van der Waals surface area (Å²) in [4.78, 5) is 24.2. The van der Waals surface area contributed by atoms with E-state index in [0.29, 0.717) is 11.1 Å². The molecule has 0 unspecified atom stereocenters. The molecule has 3 rings (SSSR count). The van der Waals surface area contributed by atoms with Crippen molar-refractivity contribution in [2.24, 2.45) is 0 Å². The second-order valence-electron chi connectivity index (χ2n) is 5.25. The van der Waals surface area contributed by atoms with Gasteiger partial charge in [0.1, 0.15) is 5.82 Å². The summed E-state index contributed by atoms with van der Waals surface area (Å²) in [7, 11) is 0. The fourth-order valence-corrected chi connectivity index (χ4v) is 2.31. The number of rotatable bonds is 5. The zero-order valence-corrected chi connectivity index (χ0v) is 12.8. The van der Waals surface area contributed by atoms with Crippen molar-refractivity contribution in [2.75, 3.05) is 6.54 Å². The summed E-state index contributed by atoms with van der Waals surface area (Å²) in [5.74, 6) is -1.01. The van der Waals surface area contributed by atoms with Crippen molar-refractivity contribution in [3.05, 3.63) is 90.0 Å². The smallest absolute Gasteiger partial charge is 0.251 e. The molecule has 1 N–H and O–H groups in total. The van der Waals surface area contributed by atoms with Gasteiger partial charge in [0.05, 0.1) is 6.54 Å². The van der Waals surface area contributed by atoms with Crippen LogP contribution in [-0.4, -0.2) is 22.8 Å². The number of hydrogen-bond acceptors (Lipinski definition) is 2. The molecule has 0 aliphatic rings. The molecule has 0 fully saturated rings. The number of amides is 1. The summed E-state index contributed by atoms with van der Waals surface area (Å²) in [6, 6.07) is 16.1. The maximum atomic E-state index is 12.9. The average molecular weight is 322 g/mol. The van der Waals surface area contributed by atoms with Gasteiger partial charge in [0.25, 0.3) is 5.91 Å². The van der Waals surface area contributed by atoms with Crippen LogP contribution in [-0.2, 0) is 0 Å². The molecule has 120 valence electrons. The zero-order valence-electron chi connectivity index (χ0n) is 12.8. The van der Waals surface area contributed by atoms with Gasteiger partial charge in [0.2, 0.25) is 0 Å². The van der Waals surface area contributed by atoms with Gasteiger partial charge in [-0.2, -0.15) is 0 Å². The van der Waals surface area contributed by atoms with Crippen molar-refractivity contribution in [1.29, 1.82) is 0 Å². The van der Waals surface area contributed by atoms with Crippen molar-refractivity contribution >= 4 is 11.7 Å². The van der Waals surface area contributed by atoms with Gasteiger partial charge in [-0.25, -0.2) is 4.39 Å². The SMILES string of the molecule is O=C(CNC(=O)c1cccc(-n2cccc2)c1)c1ccc(F)cc1. The predicted molar refractivity (Wildman–Crippen MR) is 88.8 cm³/mol. The number of hydrogen-bond donors (Lipinski definition) is 1. The van der Waals surface area contributed by atoms with E-state index in [-0.39, 0.29) is 18.2 Å². The Morgan fingerprint density at radius 3 is 2.33 bits per heavy atom. The second kappa shape index (κ2) is 6.91. The Morgan fingerprint density at radius 2 is 1.62 bits per heavy atom. The van der Waals surface area contributed by atoms with Crippen LogP contribution in [0.15, 0.2) is 73.1 Å². The van der Waals surface area contributed by atoms with E-state index in [0.717, 1.165) is 5.69 Å². The molecule has 0 atom stereocenters. The lowest BCUT2D eigenvalue weighted by Crippen LogP contribution is -2.29. The van der Waals surface area contributed by atoms with Gasteiger partial charge in [0, 0.05) is 29.2 Å². The largest absolute Gasteiger partial charge is 0.345 e. The van der Waals surface area contributed by atoms with Crippen LogP contribution in [0.5, 0.6) is 0 Å². The number of carbonyl (C=O) groups is 2. The third-order valence-electron chi connectivity index (χ3n) is 3.59. The number of nitrogens with zero attached hydrogens (tertiary/aromatic N) is 1. The number of nitrogens with one attached hydrogen (secondary N) is 1. The van der Waals surface area contributed by atoms with Crippen molar-refractivity contribution in [3.63, 3.8) is 0 Å². The van der Waals surface area contributed by atoms with E-state index in [1.165, 1.54) is 24.3 Å². The summed E-state index contributed by atoms with van der Waals surface area (Å²) in [5, 5.41) is 2.59. The first-order chi connectivity index (χ1) is 11.6. The van der Waals surface area contributed by atoms with E-state index in [9.17, 15) is 14.0 Å². The molecule has 0 spiro atoms. The van der Waals surface area contributed by atoms with E-state index < -0.39 is 5.82 Å². The van der Waals surface area contributed by atoms with E-state index in [1.807, 2.05) is 35.2 Å². The van der Waals surface area contributed by atoms with E-state index in [1.54, 1.807) is 18.2 Å². The molecule has 0 saturated carbocycles. The van der Waals surface area contributed by atoms with Crippen LogP contribution in [0.1, 0.15) is 20.7 Å². The molecular weight excluding hydrogens is 307 g/mol. The minimum absolute atomic E-state index is 0.141. The Hall–Kier alpha value is -3.21. The maximum Gasteiger partial charge on any atom is 0.251 e. The molecule has 5 heteroatoms. The summed E-state index contributed by atoms with van der Waals surface area (Å²) >= 11 is 0. The predicted octanol–water partition coefficient (Wildman–Crippen LogP) is 3.23. The van der Waals surface area contributed by atoms with Crippen molar-refractivity contribution in [2.45, 2.75) is 0 Å². The molecule has 2 aromatic carbocycles. The van der Waals surface area contributed by atoms with Crippen molar-refractivity contribution in [1.82, 2.24) is 9.88 Å². The highest BCUT2D eigenvalue weighted by Crippen LogP contribution is 2.11. The quantitative estimate of drug-likeness (QED) is 0.733. The third kappa shape index (κ3) is 3.57. The Balaban J connectivity index is 1.66. The van der Waals surface area contributed by atoms with Gasteiger partial charge >= 0.3 is 0 Å². The minimum Gasteiger partial charge on any atom is -0.345 e. The number of halogens is 1. The lowest BCUT2D eigenvalue weighted by atomic mass is 10.1. The highest BCUT2D eigenvalue weighted by atomic mass is 19.1. The minimum atomic E-state index is -0.405. The zero-order chi connectivity index (χ0) is 16.9. The van der Waals surface area contributed by atoms with E-state index in [2.05, 4.69) is 5.32 Å². The Bertz CT molecular complexity index is 855. The molecule has 4 nitrogen and oxygen atoms in total. The van der Waals surface area contributed by atoms with Crippen molar-refractivity contribution in [3.8, 4) is 5.69 Å². The fourth-order valence-electron chi connectivity index (χ4n) is 2.31. The lowest BCUT2D eigenvalue weighted by molar-refractivity contribution is 0.0904. The molecule has 3 aromatic rings. The molecular formula is C19H15FN2O2. The van der Waals surface area contributed by atoms with Gasteiger partial charge in [-0.1, -0.05) is 6.07 Å². The number of carbonyl (C=O) groups excluding carboxylic acids is 2. The number of aromatic nitrogens is 1. The van der Waals surface area contributed by atoms with Crippen molar-refractivity contribution < 1.29 is 14.0 Å². The van der Waals surface area contributed by atoms with Crippen LogP contribution in [0.4, 0.5) is 4.39 Å². The molecule has 0 aliphatic carbocycles. The average Bonchev–Trinajstić information content (AvgIpc) is 3.15. The molecule has 1 amide bonds. The number of benzene rings is 2. The Labute approximate surface area is 138 Å². The van der Waals surface area contributed by atoms with Gasteiger partial charge in [-0.3, -0.25) is 9.59 Å². The normalized spacial score (nSPS) is 10.4. The first-order valence-electron chi connectivity index (χ1n) is 7.44. The number of Topliss-reactive ketones (excluding diaryl/α,β-unsaturated/α-hetero) is 1. The molecule has 0 aliphatic heterocycles. The van der Waals surface area contributed by atoms with Gasteiger partial charge in [-0.05, 0) is 54.6 Å². The molecule has 0 saturated heterocycles. The topological polar surface area (TPSA) is 51.1 Å². The lowest BCUT2D eigenvalue weighted by Gasteiger charge is -2.07. The second-order valence-corrected chi connectivity index (χ2v) is 5.25. The van der Waals surface area contributed by atoms with Crippen LogP contribution < -0.4 is 5.32 Å². The standard InChI is InChI=1S/C19H15FN2O2/c20-16-8-6-14(7-9-16)18(23)13-21-19(24)15-4-3-5-17(12-15)22-10-1-2-11-22/h1-12H,13H2,(H,21,24). The Morgan fingerprint density at radius 1 is 0.917 bits per heavy atom. The third-order valence-corrected chi connectivity index (χ3v) is 3.59. The van der Waals surface area contributed by atoms with Crippen LogP contribution in [0.2, 0.25) is 0 Å². The molecule has 24 heavy (non-hydrogen) atoms. The summed E-state index contributed by atoms with van der Waals surface area (Å²) in [6.45, 7) is -0.141. The van der Waals surface area contributed by atoms with Gasteiger partial charge in [0.15, 0.2) is 5.78 Å². The maximum absolute atomic E-state index is 12.9. The van der Waals surface area contributed by atoms with Crippen LogP contribution in [0, 0.1) is 5.82 Å². The van der Waals surface area contributed by atoms with E-state index >= 15 is 0 Å². The van der Waals surface area contributed by atoms with Crippen LogP contribution in [0.25, 0.3) is 5.69 Å². The van der Waals surface area contributed by atoms with Gasteiger partial charge < -0.3 is 9.88 Å². The fraction of sp³-hybridized carbons (Fsp3) is 0.0526. The van der Waals surface area contributed by atoms with Crippen LogP contribution >= 0.6 is 0 Å². The first kappa shape index (κ1) is 15.7. The Kier molecular flexibility index (Phi) is 4.52. The van der Waals surface area contributed by atoms with E-state index in [4.69, 9.17) is 0 Å². The summed E-state index contributed by atoms with van der Waals surface area (Å²) in [6.07, 6.45) is 3.77. The number of ketones is 1. The molecule has 1 heterocycles. The monoisotopic (exact) mass is 322 g/mol. The highest BCUT2D eigenvalue weighted by molar-refractivity contribution is 6.02. The summed E-state index contributed by atoms with van der Waals surface area (Å²) in [5.41, 5.74) is 1.68. The highest BCUT2D eigenvalue weighted by Gasteiger charge is 2.10. The molecule has 0 bridgehead atoms. The van der Waals surface area contributed by atoms with Crippen LogP contribution in [0.3, 0.4) is 0 Å². The van der Waals surface area contributed by atoms with Gasteiger partial charge in [-0.15, -0.1) is 0 Å².